The molecule has 240 valence electrons. The van der Waals surface area contributed by atoms with E-state index in [2.05, 4.69) is 28.4 Å². The van der Waals surface area contributed by atoms with Gasteiger partial charge in [-0.15, -0.1) is 11.3 Å². The number of pyridine rings is 1. The van der Waals surface area contributed by atoms with Crippen LogP contribution in [0.3, 0.4) is 0 Å². The molecule has 8 nitrogen and oxygen atoms in total. The van der Waals surface area contributed by atoms with Crippen LogP contribution >= 0.6 is 22.9 Å². The van der Waals surface area contributed by atoms with Gasteiger partial charge in [-0.25, -0.2) is 32.9 Å². The predicted octanol–water partition coefficient (Wildman–Crippen LogP) is 8.23. The number of aromatic nitrogens is 4. The molecule has 6 rings (SSSR count). The van der Waals surface area contributed by atoms with Crippen molar-refractivity contribution >= 4 is 39.9 Å². The molecule has 3 aromatic heterocycles. The van der Waals surface area contributed by atoms with Crippen molar-refractivity contribution < 1.29 is 32.5 Å². The summed E-state index contributed by atoms with van der Waals surface area (Å²) >= 11 is 7.64. The number of fused-ring (bicyclic) bond motifs is 1. The number of aryl methyl sites for hydroxylation is 1. The molecular formula is C33H30ClF3N4O4S. The molecule has 0 bridgehead atoms. The van der Waals surface area contributed by atoms with Gasteiger partial charge in [-0.05, 0) is 54.4 Å². The molecule has 0 unspecified atom stereocenters. The molecule has 1 saturated heterocycles. The van der Waals surface area contributed by atoms with Gasteiger partial charge in [0.2, 0.25) is 0 Å². The summed E-state index contributed by atoms with van der Waals surface area (Å²) in [7, 11) is 0. The largest absolute Gasteiger partial charge is 0.478 e. The van der Waals surface area contributed by atoms with Crippen molar-refractivity contribution in [2.75, 3.05) is 13.2 Å². The van der Waals surface area contributed by atoms with Crippen molar-refractivity contribution in [1.82, 2.24) is 19.5 Å². The highest BCUT2D eigenvalue weighted by Gasteiger charge is 2.39. The molecule has 0 saturated carbocycles. The average Bonchev–Trinajstić information content (AvgIpc) is 3.70. The molecule has 5 aromatic rings. The third kappa shape index (κ3) is 6.21. The maximum atomic E-state index is 14.6. The Morgan fingerprint density at radius 2 is 2.00 bits per heavy atom. The van der Waals surface area contributed by atoms with E-state index in [0.29, 0.717) is 46.9 Å². The molecule has 1 aliphatic heterocycles. The zero-order valence-corrected chi connectivity index (χ0v) is 27.0. The number of hydrogen-bond donors (Lipinski definition) is 1. The Balaban J connectivity index is 1.31. The third-order valence-electron chi connectivity index (χ3n) is 8.12. The molecule has 46 heavy (non-hydrogen) atoms. The molecule has 1 fully saturated rings. The number of hydrogen-bond acceptors (Lipinski definition) is 7. The van der Waals surface area contributed by atoms with Crippen LogP contribution in [0.15, 0.2) is 48.7 Å². The lowest BCUT2D eigenvalue weighted by Crippen LogP contribution is -2.27. The Morgan fingerprint density at radius 1 is 1.22 bits per heavy atom. The quantitative estimate of drug-likeness (QED) is 0.169. The van der Waals surface area contributed by atoms with E-state index in [4.69, 9.17) is 26.1 Å². The summed E-state index contributed by atoms with van der Waals surface area (Å²) < 4.78 is 55.3. The molecule has 1 atom stereocenters. The standard InChI is InChI=1S/C33H30ClF3N4O4S/c1-17-9-19(11-28-39-24-7-5-18(31(42)43)10-25(24)41(28)26-14-44-16-32(26,2)3)21(34)12-20(17)23-8-6-22(35)30(40-23)45-15-29-38-13-27(46-29)33(4,36)37/h5-10,12-13,26H,11,14-16H2,1-4H3,(H,42,43)/t26-/m1/s1. The summed E-state index contributed by atoms with van der Waals surface area (Å²) in [4.78, 5) is 24.8. The van der Waals surface area contributed by atoms with Crippen LogP contribution in [0.5, 0.6) is 5.88 Å². The summed E-state index contributed by atoms with van der Waals surface area (Å²) in [6.07, 6.45) is 1.45. The number of ether oxygens (including phenoxy) is 2. The first-order chi connectivity index (χ1) is 21.7. The maximum Gasteiger partial charge on any atom is 0.335 e. The lowest BCUT2D eigenvalue weighted by molar-refractivity contribution is 0.0213. The number of carbonyl (C=O) groups is 1. The molecule has 0 amide bonds. The highest BCUT2D eigenvalue weighted by atomic mass is 35.5. The van der Waals surface area contributed by atoms with Crippen molar-refractivity contribution in [2.24, 2.45) is 5.41 Å². The van der Waals surface area contributed by atoms with Crippen LogP contribution in [0, 0.1) is 18.2 Å². The minimum atomic E-state index is -3.03. The summed E-state index contributed by atoms with van der Waals surface area (Å²) in [6.45, 7) is 7.69. The van der Waals surface area contributed by atoms with Gasteiger partial charge in [-0.2, -0.15) is 0 Å². The number of rotatable bonds is 9. The molecule has 1 aliphatic rings. The summed E-state index contributed by atoms with van der Waals surface area (Å²) in [5.74, 6) is -4.32. The second-order valence-corrected chi connectivity index (χ2v) is 13.7. The van der Waals surface area contributed by atoms with Gasteiger partial charge in [0, 0.05) is 35.5 Å². The summed E-state index contributed by atoms with van der Waals surface area (Å²) in [5.41, 5.74) is 4.02. The van der Waals surface area contributed by atoms with Gasteiger partial charge in [0.15, 0.2) is 5.82 Å². The molecule has 0 aliphatic carbocycles. The molecule has 0 spiro atoms. The number of carboxylic acid groups (broad SMARTS) is 1. The molecule has 4 heterocycles. The van der Waals surface area contributed by atoms with Crippen molar-refractivity contribution in [1.29, 1.82) is 0 Å². The lowest BCUT2D eigenvalue weighted by Gasteiger charge is -2.28. The molecule has 2 aromatic carbocycles. The highest BCUT2D eigenvalue weighted by molar-refractivity contribution is 7.11. The number of carboxylic acids is 1. The zero-order chi connectivity index (χ0) is 33.0. The zero-order valence-electron chi connectivity index (χ0n) is 25.4. The third-order valence-corrected chi connectivity index (χ3v) is 9.62. The van der Waals surface area contributed by atoms with E-state index in [9.17, 15) is 23.1 Å². The Morgan fingerprint density at radius 3 is 2.67 bits per heavy atom. The Kier molecular flexibility index (Phi) is 8.32. The monoisotopic (exact) mass is 670 g/mol. The average molecular weight is 671 g/mol. The molecular weight excluding hydrogens is 641 g/mol. The van der Waals surface area contributed by atoms with Crippen LogP contribution in [-0.4, -0.2) is 43.8 Å². The maximum absolute atomic E-state index is 14.6. The van der Waals surface area contributed by atoms with Crippen molar-refractivity contribution in [2.45, 2.75) is 52.7 Å². The van der Waals surface area contributed by atoms with Gasteiger partial charge in [-0.3, -0.25) is 0 Å². The van der Waals surface area contributed by atoms with E-state index in [-0.39, 0.29) is 39.4 Å². The van der Waals surface area contributed by atoms with Crippen molar-refractivity contribution in [3.8, 4) is 17.1 Å². The fourth-order valence-corrected chi connectivity index (χ4v) is 6.63. The molecule has 13 heteroatoms. The second kappa shape index (κ2) is 12.0. The SMILES string of the molecule is Cc1cc(Cc2nc3ccc(C(=O)O)cc3n2[C@@H]2COCC2(C)C)c(Cl)cc1-c1ccc(F)c(OCc2ncc(C(C)(F)F)s2)n1. The summed E-state index contributed by atoms with van der Waals surface area (Å²) in [6, 6.07) is 11.2. The Bertz CT molecular complexity index is 1970. The number of alkyl halides is 2. The highest BCUT2D eigenvalue weighted by Crippen LogP contribution is 2.41. The van der Waals surface area contributed by atoms with Crippen molar-refractivity contribution in [3.63, 3.8) is 0 Å². The van der Waals surface area contributed by atoms with E-state index in [1.165, 1.54) is 12.1 Å². The number of imidazole rings is 1. The van der Waals surface area contributed by atoms with Gasteiger partial charge in [0.25, 0.3) is 11.8 Å². The normalized spacial score (nSPS) is 16.3. The Hall–Kier alpha value is -4.00. The van der Waals surface area contributed by atoms with Crippen LogP contribution in [0.1, 0.15) is 64.0 Å². The lowest BCUT2D eigenvalue weighted by atomic mass is 9.87. The minimum Gasteiger partial charge on any atom is -0.478 e. The fourth-order valence-electron chi connectivity index (χ4n) is 5.64. The van der Waals surface area contributed by atoms with Gasteiger partial charge in [0.05, 0.1) is 46.4 Å². The number of nitrogens with zero attached hydrogens (tertiary/aromatic N) is 4. The smallest absolute Gasteiger partial charge is 0.335 e. The van der Waals surface area contributed by atoms with Gasteiger partial charge in [-0.1, -0.05) is 31.5 Å². The van der Waals surface area contributed by atoms with Crippen LogP contribution in [-0.2, 0) is 23.7 Å². The van der Waals surface area contributed by atoms with Crippen LogP contribution in [0.25, 0.3) is 22.3 Å². The number of benzene rings is 2. The van der Waals surface area contributed by atoms with Crippen LogP contribution in [0.4, 0.5) is 13.2 Å². The first kappa shape index (κ1) is 32.0. The first-order valence-electron chi connectivity index (χ1n) is 14.4. The van der Waals surface area contributed by atoms with Crippen LogP contribution < -0.4 is 4.74 Å². The minimum absolute atomic E-state index is 0.0769. The van der Waals surface area contributed by atoms with Gasteiger partial charge < -0.3 is 19.1 Å². The number of aromatic carboxylic acids is 1. The van der Waals surface area contributed by atoms with E-state index in [1.54, 1.807) is 24.3 Å². The predicted molar refractivity (Wildman–Crippen MR) is 169 cm³/mol. The van der Waals surface area contributed by atoms with E-state index >= 15 is 0 Å². The van der Waals surface area contributed by atoms with Gasteiger partial charge in [0.1, 0.15) is 17.4 Å². The molecule has 1 N–H and O–H groups in total. The first-order valence-corrected chi connectivity index (χ1v) is 15.6. The fraction of sp³-hybridized carbons (Fsp3) is 0.333. The number of halogens is 4. The summed E-state index contributed by atoms with van der Waals surface area (Å²) in [5, 5.41) is 10.4. The number of thiazole rings is 1. The molecule has 0 radical (unpaired) electrons. The van der Waals surface area contributed by atoms with Crippen LogP contribution in [0.2, 0.25) is 5.02 Å². The second-order valence-electron chi connectivity index (χ2n) is 12.1. The van der Waals surface area contributed by atoms with E-state index in [0.717, 1.165) is 41.4 Å². The van der Waals surface area contributed by atoms with E-state index < -0.39 is 17.7 Å². The van der Waals surface area contributed by atoms with Gasteiger partial charge >= 0.3 is 5.97 Å². The topological polar surface area (TPSA) is 99.4 Å². The Labute approximate surface area is 271 Å². The van der Waals surface area contributed by atoms with E-state index in [1.807, 2.05) is 13.0 Å². The van der Waals surface area contributed by atoms with Crippen molar-refractivity contribution in [3.05, 3.63) is 91.9 Å².